The van der Waals surface area contributed by atoms with Gasteiger partial charge in [0.2, 0.25) is 5.91 Å². The van der Waals surface area contributed by atoms with Gasteiger partial charge in [-0.25, -0.2) is 4.99 Å². The minimum absolute atomic E-state index is 0.00942. The number of para-hydroxylation sites is 2. The van der Waals surface area contributed by atoms with E-state index in [0.29, 0.717) is 5.75 Å². The molecule has 0 atom stereocenters. The number of aliphatic imine (C=N–C) groups is 1. The van der Waals surface area contributed by atoms with Crippen LogP contribution < -0.4 is 5.32 Å². The van der Waals surface area contributed by atoms with Gasteiger partial charge in [0.25, 0.3) is 0 Å². The molecule has 1 fully saturated rings. The van der Waals surface area contributed by atoms with Crippen molar-refractivity contribution < 1.29 is 4.79 Å². The average Bonchev–Trinajstić information content (AvgIpc) is 2.69. The first kappa shape index (κ1) is 19.5. The van der Waals surface area contributed by atoms with E-state index in [1.165, 1.54) is 31.0 Å². The van der Waals surface area contributed by atoms with E-state index >= 15 is 0 Å². The van der Waals surface area contributed by atoms with E-state index in [1.807, 2.05) is 62.4 Å². The predicted molar refractivity (Wildman–Crippen MR) is 116 cm³/mol. The van der Waals surface area contributed by atoms with E-state index in [9.17, 15) is 4.79 Å². The van der Waals surface area contributed by atoms with Crippen LogP contribution in [0.2, 0.25) is 0 Å². The zero-order valence-electron chi connectivity index (χ0n) is 16.1. The molecule has 1 saturated heterocycles. The minimum atomic E-state index is 0.00942. The lowest BCUT2D eigenvalue weighted by Gasteiger charge is -2.29. The van der Waals surface area contributed by atoms with Gasteiger partial charge >= 0.3 is 0 Å². The number of hydrogen-bond donors (Lipinski definition) is 1. The Labute approximate surface area is 166 Å². The van der Waals surface area contributed by atoms with Crippen LogP contribution in [0.5, 0.6) is 0 Å². The molecule has 1 N–H and O–H groups in total. The monoisotopic (exact) mass is 381 g/mol. The molecule has 0 bridgehead atoms. The number of aryl methyl sites for hydroxylation is 2. The summed E-state index contributed by atoms with van der Waals surface area (Å²) in [6.45, 7) is 6.06. The van der Waals surface area contributed by atoms with Crippen molar-refractivity contribution in [3.63, 3.8) is 0 Å². The standard InChI is InChI=1S/C22H27N3OS/c1-17-10-9-11-18(2)21(17)24-20(26)16-27-22(25-14-7-4-8-15-25)23-19-12-5-3-6-13-19/h3,5-6,9-13H,4,7-8,14-16H2,1-2H3,(H,24,26). The first-order valence-electron chi connectivity index (χ1n) is 9.51. The van der Waals surface area contributed by atoms with Crippen molar-refractivity contribution in [3.05, 3.63) is 59.7 Å². The van der Waals surface area contributed by atoms with Crippen LogP contribution in [-0.2, 0) is 4.79 Å². The normalized spacial score (nSPS) is 14.9. The summed E-state index contributed by atoms with van der Waals surface area (Å²) >= 11 is 1.53. The minimum Gasteiger partial charge on any atom is -0.351 e. The molecule has 3 rings (SSSR count). The lowest BCUT2D eigenvalue weighted by Crippen LogP contribution is -2.34. The number of anilines is 1. The average molecular weight is 382 g/mol. The largest absolute Gasteiger partial charge is 0.351 e. The first-order chi connectivity index (χ1) is 13.1. The first-order valence-corrected chi connectivity index (χ1v) is 10.5. The van der Waals surface area contributed by atoms with Gasteiger partial charge in [0, 0.05) is 18.8 Å². The van der Waals surface area contributed by atoms with Crippen molar-refractivity contribution >= 4 is 34.2 Å². The molecule has 1 amide bonds. The molecule has 0 unspecified atom stereocenters. The van der Waals surface area contributed by atoms with Crippen LogP contribution in [0.25, 0.3) is 0 Å². The van der Waals surface area contributed by atoms with Gasteiger partial charge in [0.15, 0.2) is 5.17 Å². The molecular weight excluding hydrogens is 354 g/mol. The summed E-state index contributed by atoms with van der Waals surface area (Å²) in [5, 5.41) is 4.01. The topological polar surface area (TPSA) is 44.7 Å². The number of amidine groups is 1. The molecular formula is C22H27N3OS. The Morgan fingerprint density at radius 2 is 1.67 bits per heavy atom. The number of benzene rings is 2. The molecule has 2 aromatic rings. The Morgan fingerprint density at radius 1 is 1.00 bits per heavy atom. The highest BCUT2D eigenvalue weighted by Gasteiger charge is 2.17. The van der Waals surface area contributed by atoms with Crippen LogP contribution in [-0.4, -0.2) is 34.8 Å². The molecule has 1 heterocycles. The third kappa shape index (κ3) is 5.60. The third-order valence-electron chi connectivity index (χ3n) is 4.69. The van der Waals surface area contributed by atoms with Crippen molar-refractivity contribution in [2.24, 2.45) is 4.99 Å². The van der Waals surface area contributed by atoms with Crippen molar-refractivity contribution in [2.45, 2.75) is 33.1 Å². The number of carbonyl (C=O) groups is 1. The summed E-state index contributed by atoms with van der Waals surface area (Å²) in [7, 11) is 0. The van der Waals surface area contributed by atoms with E-state index in [2.05, 4.69) is 10.2 Å². The van der Waals surface area contributed by atoms with E-state index in [1.54, 1.807) is 0 Å². The van der Waals surface area contributed by atoms with Crippen LogP contribution in [0.4, 0.5) is 11.4 Å². The molecule has 4 nitrogen and oxygen atoms in total. The second kappa shape index (κ2) is 9.60. The fraction of sp³-hybridized carbons (Fsp3) is 0.364. The van der Waals surface area contributed by atoms with E-state index in [0.717, 1.165) is 40.8 Å². The van der Waals surface area contributed by atoms with Crippen LogP contribution in [0.1, 0.15) is 30.4 Å². The summed E-state index contributed by atoms with van der Waals surface area (Å²) < 4.78 is 0. The fourth-order valence-electron chi connectivity index (χ4n) is 3.21. The Bertz CT molecular complexity index is 778. The number of hydrogen-bond acceptors (Lipinski definition) is 3. The summed E-state index contributed by atoms with van der Waals surface area (Å²) in [4.78, 5) is 19.7. The molecule has 5 heteroatoms. The second-order valence-corrected chi connectivity index (χ2v) is 7.82. The predicted octanol–water partition coefficient (Wildman–Crippen LogP) is 5.15. The molecule has 0 saturated carbocycles. The maximum Gasteiger partial charge on any atom is 0.234 e. The quantitative estimate of drug-likeness (QED) is 0.588. The van der Waals surface area contributed by atoms with Gasteiger partial charge in [-0.1, -0.05) is 48.2 Å². The summed E-state index contributed by atoms with van der Waals surface area (Å²) in [6, 6.07) is 16.0. The van der Waals surface area contributed by atoms with Gasteiger partial charge in [0.1, 0.15) is 0 Å². The fourth-order valence-corrected chi connectivity index (χ4v) is 4.08. The van der Waals surface area contributed by atoms with Gasteiger partial charge in [-0.15, -0.1) is 0 Å². The molecule has 1 aliphatic heterocycles. The molecule has 1 aliphatic rings. The number of likely N-dealkylation sites (tertiary alicyclic amines) is 1. The molecule has 0 radical (unpaired) electrons. The van der Waals surface area contributed by atoms with Crippen LogP contribution in [0, 0.1) is 13.8 Å². The molecule has 0 aliphatic carbocycles. The molecule has 27 heavy (non-hydrogen) atoms. The van der Waals surface area contributed by atoms with Crippen molar-refractivity contribution in [1.82, 2.24) is 4.90 Å². The second-order valence-electron chi connectivity index (χ2n) is 6.88. The van der Waals surface area contributed by atoms with Gasteiger partial charge in [0.05, 0.1) is 11.4 Å². The van der Waals surface area contributed by atoms with E-state index in [4.69, 9.17) is 4.99 Å². The van der Waals surface area contributed by atoms with Crippen molar-refractivity contribution in [3.8, 4) is 0 Å². The number of carbonyl (C=O) groups excluding carboxylic acids is 1. The Morgan fingerprint density at radius 3 is 2.33 bits per heavy atom. The molecule has 0 spiro atoms. The maximum atomic E-state index is 12.6. The summed E-state index contributed by atoms with van der Waals surface area (Å²) in [5.41, 5.74) is 4.02. The Hall–Kier alpha value is -2.27. The van der Waals surface area contributed by atoms with Crippen molar-refractivity contribution in [2.75, 3.05) is 24.2 Å². The Kier molecular flexibility index (Phi) is 6.93. The van der Waals surface area contributed by atoms with Gasteiger partial charge in [-0.05, 0) is 56.4 Å². The number of thioether (sulfide) groups is 1. The van der Waals surface area contributed by atoms with Crippen LogP contribution in [0.15, 0.2) is 53.5 Å². The van der Waals surface area contributed by atoms with Gasteiger partial charge < -0.3 is 10.2 Å². The lowest BCUT2D eigenvalue weighted by molar-refractivity contribution is -0.113. The number of rotatable bonds is 4. The smallest absolute Gasteiger partial charge is 0.234 e. The zero-order chi connectivity index (χ0) is 19.1. The van der Waals surface area contributed by atoms with E-state index < -0.39 is 0 Å². The molecule has 142 valence electrons. The van der Waals surface area contributed by atoms with Gasteiger partial charge in [-0.2, -0.15) is 0 Å². The van der Waals surface area contributed by atoms with Crippen molar-refractivity contribution in [1.29, 1.82) is 0 Å². The van der Waals surface area contributed by atoms with Crippen LogP contribution >= 0.6 is 11.8 Å². The number of amides is 1. The highest BCUT2D eigenvalue weighted by molar-refractivity contribution is 8.14. The third-order valence-corrected chi connectivity index (χ3v) is 5.70. The number of nitrogens with one attached hydrogen (secondary N) is 1. The van der Waals surface area contributed by atoms with Crippen LogP contribution in [0.3, 0.4) is 0 Å². The summed E-state index contributed by atoms with van der Waals surface area (Å²) in [6.07, 6.45) is 3.64. The Balaban J connectivity index is 1.68. The highest BCUT2D eigenvalue weighted by Crippen LogP contribution is 2.23. The van der Waals surface area contributed by atoms with E-state index in [-0.39, 0.29) is 5.91 Å². The maximum absolute atomic E-state index is 12.6. The number of piperidine rings is 1. The highest BCUT2D eigenvalue weighted by atomic mass is 32.2. The van der Waals surface area contributed by atoms with Gasteiger partial charge in [-0.3, -0.25) is 4.79 Å². The molecule has 2 aromatic carbocycles. The molecule has 0 aromatic heterocycles. The number of nitrogens with zero attached hydrogens (tertiary/aromatic N) is 2. The summed E-state index contributed by atoms with van der Waals surface area (Å²) in [5.74, 6) is 0.367. The zero-order valence-corrected chi connectivity index (χ0v) is 16.9. The SMILES string of the molecule is Cc1cccc(C)c1NC(=O)CSC(=Nc1ccccc1)N1CCCCC1. The lowest BCUT2D eigenvalue weighted by atomic mass is 10.1.